The van der Waals surface area contributed by atoms with Crippen LogP contribution in [0.3, 0.4) is 0 Å². The monoisotopic (exact) mass is 461 g/mol. The van der Waals surface area contributed by atoms with Gasteiger partial charge in [-0.2, -0.15) is 0 Å². The minimum absolute atomic E-state index is 0.0164. The topological polar surface area (TPSA) is 60.9 Å². The molecule has 0 N–H and O–H groups in total. The van der Waals surface area contributed by atoms with E-state index in [1.165, 1.54) is 17.0 Å². The summed E-state index contributed by atoms with van der Waals surface area (Å²) in [6.07, 6.45) is 4.73. The number of carbonyl (C=O) groups is 3. The molecule has 0 spiro atoms. The van der Waals surface area contributed by atoms with Gasteiger partial charge in [0, 0.05) is 32.1 Å². The van der Waals surface area contributed by atoms with Crippen LogP contribution in [-0.4, -0.2) is 53.7 Å². The van der Waals surface area contributed by atoms with Gasteiger partial charge in [-0.3, -0.25) is 19.3 Å². The lowest BCUT2D eigenvalue weighted by atomic mass is 9.94. The van der Waals surface area contributed by atoms with Crippen molar-refractivity contribution in [3.63, 3.8) is 0 Å². The normalized spacial score (nSPS) is 15.9. The lowest BCUT2D eigenvalue weighted by Gasteiger charge is -2.35. The van der Waals surface area contributed by atoms with Gasteiger partial charge in [-0.05, 0) is 42.7 Å². The maximum Gasteiger partial charge on any atom is 0.263 e. The van der Waals surface area contributed by atoms with Gasteiger partial charge in [0.25, 0.3) is 11.8 Å². The first-order valence-electron chi connectivity index (χ1n) is 11.4. The zero-order chi connectivity index (χ0) is 24.2. The third kappa shape index (κ3) is 4.51. The van der Waals surface area contributed by atoms with Gasteiger partial charge in [0.2, 0.25) is 5.91 Å². The Balaban J connectivity index is 1.50. The van der Waals surface area contributed by atoms with Gasteiger partial charge in [0.05, 0.1) is 23.4 Å². The van der Waals surface area contributed by atoms with Crippen LogP contribution < -0.4 is 4.90 Å². The van der Waals surface area contributed by atoms with Crippen LogP contribution >= 0.6 is 0 Å². The smallest absolute Gasteiger partial charge is 0.263 e. The van der Waals surface area contributed by atoms with Gasteiger partial charge >= 0.3 is 0 Å². The zero-order valence-electron chi connectivity index (χ0n) is 19.1. The molecule has 2 aliphatic heterocycles. The Morgan fingerprint density at radius 1 is 1.03 bits per heavy atom. The van der Waals surface area contributed by atoms with E-state index < -0.39 is 5.82 Å². The molecule has 2 aromatic carbocycles. The van der Waals surface area contributed by atoms with Crippen LogP contribution in [0.1, 0.15) is 39.1 Å². The number of piperidine rings is 1. The molecule has 2 aromatic rings. The molecule has 1 saturated heterocycles. The lowest BCUT2D eigenvalue weighted by molar-refractivity contribution is -0.135. The first-order valence-corrected chi connectivity index (χ1v) is 11.4. The van der Waals surface area contributed by atoms with Crippen molar-refractivity contribution in [1.29, 1.82) is 0 Å². The number of benzene rings is 2. The first kappa shape index (κ1) is 23.4. The highest BCUT2D eigenvalue weighted by atomic mass is 19.1. The predicted molar refractivity (Wildman–Crippen MR) is 129 cm³/mol. The van der Waals surface area contributed by atoms with Gasteiger partial charge in [-0.25, -0.2) is 4.39 Å². The lowest BCUT2D eigenvalue weighted by Crippen LogP contribution is -2.43. The Kier molecular flexibility index (Phi) is 6.91. The molecule has 4 rings (SSSR count). The van der Waals surface area contributed by atoms with Crippen LogP contribution in [0, 0.1) is 11.7 Å². The third-order valence-electron chi connectivity index (χ3n) is 6.40. The number of anilines is 1. The van der Waals surface area contributed by atoms with Crippen molar-refractivity contribution >= 4 is 23.4 Å². The molecular weight excluding hydrogens is 433 g/mol. The Hall–Kier alpha value is -3.74. The molecule has 1 fully saturated rings. The summed E-state index contributed by atoms with van der Waals surface area (Å²) < 4.78 is 13.6. The van der Waals surface area contributed by atoms with Gasteiger partial charge in [-0.15, -0.1) is 13.2 Å². The molecule has 0 radical (unpaired) electrons. The van der Waals surface area contributed by atoms with Gasteiger partial charge in [0.1, 0.15) is 5.82 Å². The largest absolute Gasteiger partial charge is 0.371 e. The number of hydrogen-bond donors (Lipinski definition) is 0. The van der Waals surface area contributed by atoms with Crippen molar-refractivity contribution in [3.05, 3.63) is 90.3 Å². The van der Waals surface area contributed by atoms with Gasteiger partial charge < -0.3 is 9.80 Å². The highest BCUT2D eigenvalue weighted by Crippen LogP contribution is 2.35. The van der Waals surface area contributed by atoms with Crippen LogP contribution in [0.2, 0.25) is 0 Å². The van der Waals surface area contributed by atoms with Crippen LogP contribution in [-0.2, 0) is 11.3 Å². The minimum atomic E-state index is -0.410. The summed E-state index contributed by atoms with van der Waals surface area (Å²) in [5.74, 6) is -1.17. The SMILES string of the molecule is C=CCN(CC=C)C(=O)C1CCN(c2cccc3c2C(=O)N(Cc2cccc(F)c2)C3=O)CC1. The highest BCUT2D eigenvalue weighted by molar-refractivity contribution is 6.23. The van der Waals surface area contributed by atoms with Crippen molar-refractivity contribution in [2.45, 2.75) is 19.4 Å². The van der Waals surface area contributed by atoms with Crippen LogP contribution in [0.25, 0.3) is 0 Å². The Morgan fingerprint density at radius 2 is 1.71 bits per heavy atom. The summed E-state index contributed by atoms with van der Waals surface area (Å²) in [5, 5.41) is 0. The summed E-state index contributed by atoms with van der Waals surface area (Å²) >= 11 is 0. The molecule has 0 saturated carbocycles. The maximum atomic E-state index is 13.6. The van der Waals surface area contributed by atoms with Crippen molar-refractivity contribution in [3.8, 4) is 0 Å². The molecule has 0 aliphatic carbocycles. The Morgan fingerprint density at radius 3 is 2.35 bits per heavy atom. The molecule has 0 bridgehead atoms. The van der Waals surface area contributed by atoms with Crippen LogP contribution in [0.4, 0.5) is 10.1 Å². The maximum absolute atomic E-state index is 13.6. The zero-order valence-corrected chi connectivity index (χ0v) is 19.1. The summed E-state index contributed by atoms with van der Waals surface area (Å²) in [6, 6.07) is 11.2. The number of imide groups is 1. The molecule has 2 aliphatic rings. The fourth-order valence-electron chi connectivity index (χ4n) is 4.73. The number of nitrogens with zero attached hydrogens (tertiary/aromatic N) is 3. The molecule has 2 heterocycles. The van der Waals surface area contributed by atoms with Crippen molar-refractivity contribution in [2.75, 3.05) is 31.1 Å². The number of carbonyl (C=O) groups excluding carboxylic acids is 3. The van der Waals surface area contributed by atoms with Crippen molar-refractivity contribution in [1.82, 2.24) is 9.80 Å². The third-order valence-corrected chi connectivity index (χ3v) is 6.40. The van der Waals surface area contributed by atoms with E-state index >= 15 is 0 Å². The highest BCUT2D eigenvalue weighted by Gasteiger charge is 2.39. The molecule has 0 atom stereocenters. The quantitative estimate of drug-likeness (QED) is 0.440. The summed E-state index contributed by atoms with van der Waals surface area (Å²) in [6.45, 7) is 9.64. The fourth-order valence-corrected chi connectivity index (χ4v) is 4.73. The van der Waals surface area contributed by atoms with E-state index in [4.69, 9.17) is 0 Å². The summed E-state index contributed by atoms with van der Waals surface area (Å²) in [7, 11) is 0. The molecule has 0 unspecified atom stereocenters. The average Bonchev–Trinajstić information content (AvgIpc) is 3.08. The number of fused-ring (bicyclic) bond motifs is 1. The number of hydrogen-bond acceptors (Lipinski definition) is 4. The van der Waals surface area contributed by atoms with E-state index in [9.17, 15) is 18.8 Å². The van der Waals surface area contributed by atoms with E-state index in [1.54, 1.807) is 41.3 Å². The molecule has 176 valence electrons. The Bertz CT molecular complexity index is 1130. The number of amides is 3. The van der Waals surface area contributed by atoms with Crippen LogP contribution in [0.5, 0.6) is 0 Å². The summed E-state index contributed by atoms with van der Waals surface area (Å²) in [4.78, 5) is 44.2. The fraction of sp³-hybridized carbons (Fsp3) is 0.296. The van der Waals surface area contributed by atoms with Gasteiger partial charge in [0.15, 0.2) is 0 Å². The number of rotatable bonds is 8. The molecular formula is C27H28FN3O3. The van der Waals surface area contributed by atoms with E-state index in [2.05, 4.69) is 18.1 Å². The second-order valence-corrected chi connectivity index (χ2v) is 8.61. The molecule has 0 aromatic heterocycles. The predicted octanol–water partition coefficient (Wildman–Crippen LogP) is 4.04. The minimum Gasteiger partial charge on any atom is -0.371 e. The molecule has 6 nitrogen and oxygen atoms in total. The van der Waals surface area contributed by atoms with Gasteiger partial charge in [-0.1, -0.05) is 30.4 Å². The van der Waals surface area contributed by atoms with E-state index in [1.807, 2.05) is 6.07 Å². The second kappa shape index (κ2) is 10.0. The van der Waals surface area contributed by atoms with Crippen LogP contribution in [0.15, 0.2) is 67.8 Å². The van der Waals surface area contributed by atoms with E-state index in [-0.39, 0.29) is 30.2 Å². The van der Waals surface area contributed by atoms with Crippen molar-refractivity contribution < 1.29 is 18.8 Å². The average molecular weight is 462 g/mol. The number of halogens is 1. The van der Waals surface area contributed by atoms with Crippen molar-refractivity contribution in [2.24, 2.45) is 5.92 Å². The summed E-state index contributed by atoms with van der Waals surface area (Å²) in [5.41, 5.74) is 2.00. The van der Waals surface area contributed by atoms with E-state index in [0.717, 1.165) is 0 Å². The molecule has 34 heavy (non-hydrogen) atoms. The second-order valence-electron chi connectivity index (χ2n) is 8.61. The molecule has 3 amide bonds. The molecule has 7 heteroatoms. The standard InChI is InChI=1S/C27H28FN3O3/c1-3-13-30(14-4-2)25(32)20-11-15-29(16-12-20)23-10-6-9-22-24(23)27(34)31(26(22)33)18-19-7-5-8-21(28)17-19/h3-10,17,20H,1-2,11-16,18H2. The first-order chi connectivity index (χ1) is 16.4. The van der Waals surface area contributed by atoms with E-state index in [0.29, 0.717) is 61.4 Å². The Labute approximate surface area is 199 Å².